The average Bonchev–Trinajstić information content (AvgIpc) is 4.16. The summed E-state index contributed by atoms with van der Waals surface area (Å²) >= 11 is 0. The molecular formula is C64H42N2O. The molecule has 0 unspecified atom stereocenters. The Morgan fingerprint density at radius 1 is 0.343 bits per heavy atom. The minimum Gasteiger partial charge on any atom is -0.455 e. The van der Waals surface area contributed by atoms with Crippen LogP contribution in [0.15, 0.2) is 259 Å². The maximum Gasteiger partial charge on any atom is 0.143 e. The highest BCUT2D eigenvalue weighted by atomic mass is 16.3. The van der Waals surface area contributed by atoms with E-state index in [-0.39, 0.29) is 44.0 Å². The number of hydrogen-bond donors (Lipinski definition) is 0. The van der Waals surface area contributed by atoms with Gasteiger partial charge in [-0.05, 0) is 111 Å². The molecular weight excluding hydrogens is 813 g/mol. The smallest absolute Gasteiger partial charge is 0.143 e. The number of para-hydroxylation sites is 3. The fraction of sp³-hybridized carbons (Fsp3) is 0. The molecule has 67 heavy (non-hydrogen) atoms. The Labute approximate surface area is 406 Å². The summed E-state index contributed by atoms with van der Waals surface area (Å²) in [5.74, 6) is 0. The average molecular weight is 868 g/mol. The molecule has 0 atom stereocenters. The molecule has 13 aromatic rings. The van der Waals surface area contributed by atoms with Gasteiger partial charge in [-0.25, -0.2) is 0 Å². The lowest BCUT2D eigenvalue weighted by molar-refractivity contribution is 0.674. The largest absolute Gasteiger partial charge is 0.455 e. The van der Waals surface area contributed by atoms with Gasteiger partial charge in [-0.1, -0.05) is 188 Å². The van der Waals surface area contributed by atoms with Gasteiger partial charge in [-0.2, -0.15) is 0 Å². The molecule has 0 spiro atoms. The van der Waals surface area contributed by atoms with Crippen molar-refractivity contribution in [3.05, 3.63) is 254 Å². The van der Waals surface area contributed by atoms with E-state index in [2.05, 4.69) is 65.2 Å². The first-order chi connectivity index (χ1) is 38.6. The van der Waals surface area contributed by atoms with Crippen molar-refractivity contribution in [2.45, 2.75) is 0 Å². The first kappa shape index (κ1) is 27.4. The molecule has 0 N–H and O–H groups in total. The lowest BCUT2D eigenvalue weighted by Gasteiger charge is -2.26. The number of fused-ring (bicyclic) bond motifs is 8. The second kappa shape index (κ2) is 16.0. The summed E-state index contributed by atoms with van der Waals surface area (Å²) in [4.78, 5) is 1.65. The third kappa shape index (κ3) is 6.67. The van der Waals surface area contributed by atoms with Crippen LogP contribution in [0.2, 0.25) is 0 Å². The van der Waals surface area contributed by atoms with Gasteiger partial charge in [0.2, 0.25) is 0 Å². The number of furan rings is 1. The van der Waals surface area contributed by atoms with Gasteiger partial charge in [0, 0.05) is 55.2 Å². The van der Waals surface area contributed by atoms with E-state index in [1.54, 1.807) is 4.90 Å². The van der Waals surface area contributed by atoms with Crippen molar-refractivity contribution < 1.29 is 22.2 Å². The van der Waals surface area contributed by atoms with Crippen LogP contribution in [0, 0.1) is 0 Å². The summed E-state index contributed by atoms with van der Waals surface area (Å²) in [6, 6.07) is 50.5. The minimum atomic E-state index is -0.686. The molecule has 2 heterocycles. The first-order valence-corrected chi connectivity index (χ1v) is 21.9. The Bertz CT molecular complexity index is 4650. The predicted molar refractivity (Wildman–Crippen MR) is 282 cm³/mol. The van der Waals surface area contributed by atoms with Gasteiger partial charge < -0.3 is 13.9 Å². The van der Waals surface area contributed by atoms with E-state index >= 15 is 0 Å². The fourth-order valence-electron chi connectivity index (χ4n) is 9.18. The van der Waals surface area contributed by atoms with Crippen LogP contribution in [-0.4, -0.2) is 4.57 Å². The number of hydrogen-bond acceptors (Lipinski definition) is 2. The molecule has 0 amide bonds. The molecule has 0 saturated heterocycles. The number of benzene rings is 11. The minimum absolute atomic E-state index is 0.130. The molecule has 0 aliphatic carbocycles. The van der Waals surface area contributed by atoms with Crippen LogP contribution in [0.25, 0.3) is 105 Å². The zero-order valence-corrected chi connectivity index (χ0v) is 35.5. The Hall–Kier alpha value is -8.92. The zero-order chi connectivity index (χ0) is 55.6. The van der Waals surface area contributed by atoms with E-state index < -0.39 is 84.1 Å². The Morgan fingerprint density at radius 2 is 0.881 bits per heavy atom. The molecule has 3 heteroatoms. The number of nitrogens with zero attached hydrogens (tertiary/aromatic N) is 2. The van der Waals surface area contributed by atoms with Crippen molar-refractivity contribution in [1.29, 1.82) is 0 Å². The van der Waals surface area contributed by atoms with Crippen LogP contribution >= 0.6 is 0 Å². The van der Waals surface area contributed by atoms with E-state index in [4.69, 9.17) is 15.4 Å². The van der Waals surface area contributed by atoms with Crippen LogP contribution in [-0.2, 0) is 0 Å². The van der Waals surface area contributed by atoms with Crippen molar-refractivity contribution in [2.75, 3.05) is 4.90 Å². The second-order valence-corrected chi connectivity index (χ2v) is 16.3. The topological polar surface area (TPSA) is 21.3 Å². The Morgan fingerprint density at radius 3 is 1.55 bits per heavy atom. The van der Waals surface area contributed by atoms with Crippen molar-refractivity contribution in [3.63, 3.8) is 0 Å². The maximum absolute atomic E-state index is 9.80. The molecule has 2 aromatic heterocycles. The molecule has 314 valence electrons. The van der Waals surface area contributed by atoms with Crippen molar-refractivity contribution in [1.82, 2.24) is 4.57 Å². The highest BCUT2D eigenvalue weighted by Gasteiger charge is 2.18. The van der Waals surface area contributed by atoms with Crippen molar-refractivity contribution in [2.24, 2.45) is 0 Å². The third-order valence-corrected chi connectivity index (χ3v) is 12.4. The normalized spacial score (nSPS) is 14.3. The number of rotatable bonds is 8. The fourth-order valence-corrected chi connectivity index (χ4v) is 9.18. The lowest BCUT2D eigenvalue weighted by Crippen LogP contribution is -2.09. The SMILES string of the molecule is [2H]c1c([2H])c(N(c2ccc(-c3ccc(-c4ccccc4)cc3)cc2)c2ccc(-c3cccc(-n4c5ccccc5c5ccccc54)c3)cc2)c([2H])c([2H])c1-c1c([2H])c([2H])c([2H])c2c1oc1c3c([2H])c([2H])c([2H])c([2H])c3c([2H])c([2H])c12. The summed E-state index contributed by atoms with van der Waals surface area (Å²) in [7, 11) is 0. The number of anilines is 3. The van der Waals surface area contributed by atoms with Crippen LogP contribution in [0.4, 0.5) is 17.1 Å². The summed E-state index contributed by atoms with van der Waals surface area (Å²) < 4.78 is 127. The van der Waals surface area contributed by atoms with Gasteiger partial charge in [0.25, 0.3) is 0 Å². The molecule has 11 aromatic carbocycles. The lowest BCUT2D eigenvalue weighted by atomic mass is 9.99. The quantitative estimate of drug-likeness (QED) is 0.152. The molecule has 0 aliphatic heterocycles. The van der Waals surface area contributed by atoms with Gasteiger partial charge in [0.15, 0.2) is 0 Å². The van der Waals surface area contributed by atoms with E-state index in [1.165, 1.54) is 0 Å². The molecule has 13 rings (SSSR count). The van der Waals surface area contributed by atoms with Crippen LogP contribution in [0.3, 0.4) is 0 Å². The van der Waals surface area contributed by atoms with Gasteiger partial charge >= 0.3 is 0 Å². The van der Waals surface area contributed by atoms with E-state index in [0.29, 0.717) is 11.4 Å². The summed E-state index contributed by atoms with van der Waals surface area (Å²) in [5.41, 5.74) is 8.29. The molecule has 0 saturated carbocycles. The zero-order valence-electron chi connectivity index (χ0n) is 48.5. The highest BCUT2D eigenvalue weighted by Crippen LogP contribution is 2.42. The van der Waals surface area contributed by atoms with Gasteiger partial charge in [-0.3, -0.25) is 0 Å². The molecule has 0 radical (unpaired) electrons. The summed E-state index contributed by atoms with van der Waals surface area (Å²) in [5, 5.41) is 1.25. The van der Waals surface area contributed by atoms with Gasteiger partial charge in [0.1, 0.15) is 11.2 Å². The molecule has 0 bridgehead atoms. The predicted octanol–water partition coefficient (Wildman–Crippen LogP) is 18.0. The Balaban J connectivity index is 0.974. The maximum atomic E-state index is 9.80. The van der Waals surface area contributed by atoms with Crippen molar-refractivity contribution in [3.8, 4) is 50.2 Å². The molecule has 3 nitrogen and oxygen atoms in total. The number of aromatic nitrogens is 1. The van der Waals surface area contributed by atoms with Crippen LogP contribution in [0.1, 0.15) is 17.8 Å². The van der Waals surface area contributed by atoms with Crippen LogP contribution < -0.4 is 4.90 Å². The highest BCUT2D eigenvalue weighted by molar-refractivity contribution is 6.17. The van der Waals surface area contributed by atoms with Gasteiger partial charge in [0.05, 0.1) is 28.9 Å². The van der Waals surface area contributed by atoms with Crippen LogP contribution in [0.5, 0.6) is 0 Å². The van der Waals surface area contributed by atoms with E-state index in [9.17, 15) is 6.85 Å². The van der Waals surface area contributed by atoms with E-state index in [0.717, 1.165) is 60.9 Å². The van der Waals surface area contributed by atoms with Gasteiger partial charge in [-0.15, -0.1) is 0 Å². The third-order valence-electron chi connectivity index (χ3n) is 12.4. The first-order valence-electron chi connectivity index (χ1n) is 28.4. The summed E-state index contributed by atoms with van der Waals surface area (Å²) in [6.45, 7) is 0. The molecule has 0 fully saturated rings. The van der Waals surface area contributed by atoms with E-state index in [1.807, 2.05) is 115 Å². The Kier molecular flexibility index (Phi) is 6.53. The standard InChI is InChI=1S/C64H42N2O/c1-2-12-43(13-3-1)44-24-26-45(27-25-44)46-28-35-51(36-29-46)65(53-39-32-49(33-40-53)56-20-11-21-59-60-41-34-48-14-4-5-17-55(48)64(60)67-63(56)59)52-37-30-47(31-38-52)50-15-10-16-54(42-50)66-61-22-8-6-18-57(61)58-19-7-9-23-62(58)66/h1-42H/i4D,5D,11D,14D,17D,20D,21D,32D,33D,34D,39D,40D,41D. The van der Waals surface area contributed by atoms with Crippen molar-refractivity contribution >= 4 is 71.6 Å². The summed E-state index contributed by atoms with van der Waals surface area (Å²) in [6.07, 6.45) is 0. The second-order valence-electron chi connectivity index (χ2n) is 16.3. The monoisotopic (exact) mass is 867 g/mol. The molecule has 0 aliphatic rings.